The standard InChI is InChI=1S/C49H32N2O/c1-4-15-34(16-5-1)39-23-14-24-42-47-40-21-10-12-25-45(40)52-46-26-13-11-22-41(46)49(47)51(48(39)42)38-29-27-33(28-30-38)37-31-43(35-17-6-2-7-18-35)50-44(32-37)36-19-8-3-9-20-36/h1-32H. The SMILES string of the molecule is c1ccc(-c2cc(-c3ccc(-n4c5c(c6cccc(-c7ccccc7)c64)-c4ccccc4Oc4ccccc4-5)cc3)cc(-c3ccccc3)n2)cc1. The Morgan fingerprint density at radius 1 is 0.385 bits per heavy atom. The number of para-hydroxylation sites is 3. The van der Waals surface area contributed by atoms with E-state index in [0.717, 1.165) is 67.6 Å². The van der Waals surface area contributed by atoms with Gasteiger partial charge in [-0.3, -0.25) is 0 Å². The zero-order valence-corrected chi connectivity index (χ0v) is 28.3. The molecule has 3 nitrogen and oxygen atoms in total. The average Bonchev–Trinajstić information content (AvgIpc) is 3.49. The predicted octanol–water partition coefficient (Wildman–Crippen LogP) is 13.1. The summed E-state index contributed by atoms with van der Waals surface area (Å²) >= 11 is 0. The van der Waals surface area contributed by atoms with Gasteiger partial charge >= 0.3 is 0 Å². The van der Waals surface area contributed by atoms with Crippen molar-refractivity contribution in [1.29, 1.82) is 0 Å². The minimum Gasteiger partial charge on any atom is -0.456 e. The van der Waals surface area contributed by atoms with E-state index in [1.54, 1.807) is 0 Å². The highest BCUT2D eigenvalue weighted by molar-refractivity contribution is 6.12. The maximum absolute atomic E-state index is 6.65. The Hall–Kier alpha value is -6.97. The first-order valence-electron chi connectivity index (χ1n) is 17.6. The van der Waals surface area contributed by atoms with Gasteiger partial charge in [-0.05, 0) is 59.2 Å². The quantitative estimate of drug-likeness (QED) is 0.183. The van der Waals surface area contributed by atoms with Gasteiger partial charge < -0.3 is 9.30 Å². The zero-order chi connectivity index (χ0) is 34.4. The molecule has 0 bridgehead atoms. The number of rotatable bonds is 5. The van der Waals surface area contributed by atoms with Gasteiger partial charge in [0, 0.05) is 44.5 Å². The van der Waals surface area contributed by atoms with Gasteiger partial charge in [-0.15, -0.1) is 0 Å². The van der Waals surface area contributed by atoms with E-state index in [0.29, 0.717) is 0 Å². The molecular formula is C49H32N2O. The number of hydrogen-bond acceptors (Lipinski definition) is 2. The van der Waals surface area contributed by atoms with Crippen LogP contribution in [0.25, 0.3) is 83.7 Å². The van der Waals surface area contributed by atoms with E-state index in [1.165, 1.54) is 27.6 Å². The molecule has 0 spiro atoms. The van der Waals surface area contributed by atoms with Gasteiger partial charge in [0.15, 0.2) is 0 Å². The van der Waals surface area contributed by atoms with Gasteiger partial charge in [0.1, 0.15) is 11.5 Å². The van der Waals surface area contributed by atoms with Gasteiger partial charge in [0.05, 0.1) is 22.6 Å². The predicted molar refractivity (Wildman–Crippen MR) is 214 cm³/mol. The minimum absolute atomic E-state index is 0.842. The molecule has 3 heterocycles. The number of nitrogens with zero attached hydrogens (tertiary/aromatic N) is 2. The summed E-state index contributed by atoms with van der Waals surface area (Å²) in [5.41, 5.74) is 15.4. The Bertz CT molecular complexity index is 2670. The molecule has 1 aliphatic rings. The van der Waals surface area contributed by atoms with Crippen LogP contribution in [-0.2, 0) is 0 Å². The van der Waals surface area contributed by atoms with E-state index in [1.807, 2.05) is 24.3 Å². The molecule has 0 atom stereocenters. The largest absolute Gasteiger partial charge is 0.456 e. The third-order valence-electron chi connectivity index (χ3n) is 10.0. The molecule has 244 valence electrons. The second kappa shape index (κ2) is 12.4. The summed E-state index contributed by atoms with van der Waals surface area (Å²) in [6.07, 6.45) is 0. The van der Waals surface area contributed by atoms with Crippen molar-refractivity contribution < 1.29 is 4.74 Å². The molecule has 0 radical (unpaired) electrons. The smallest absolute Gasteiger partial charge is 0.136 e. The van der Waals surface area contributed by atoms with Crippen molar-refractivity contribution in [2.24, 2.45) is 0 Å². The number of ether oxygens (including phenoxy) is 1. The highest BCUT2D eigenvalue weighted by atomic mass is 16.5. The van der Waals surface area contributed by atoms with Crippen LogP contribution < -0.4 is 4.74 Å². The summed E-state index contributed by atoms with van der Waals surface area (Å²) in [7, 11) is 0. The Kier molecular flexibility index (Phi) is 7.14. The molecule has 2 aromatic heterocycles. The Morgan fingerprint density at radius 2 is 0.904 bits per heavy atom. The minimum atomic E-state index is 0.842. The Balaban J connectivity index is 1.22. The van der Waals surface area contributed by atoms with Crippen LogP contribution in [0.2, 0.25) is 0 Å². The second-order valence-corrected chi connectivity index (χ2v) is 13.1. The molecule has 0 fully saturated rings. The van der Waals surface area contributed by atoms with E-state index in [9.17, 15) is 0 Å². The van der Waals surface area contributed by atoms with Crippen LogP contribution in [0.3, 0.4) is 0 Å². The van der Waals surface area contributed by atoms with Crippen molar-refractivity contribution in [3.8, 4) is 84.3 Å². The molecule has 10 rings (SSSR count). The number of aromatic nitrogens is 2. The van der Waals surface area contributed by atoms with Crippen LogP contribution in [-0.4, -0.2) is 9.55 Å². The van der Waals surface area contributed by atoms with Crippen LogP contribution in [0.1, 0.15) is 0 Å². The van der Waals surface area contributed by atoms with Gasteiger partial charge in [-0.2, -0.15) is 0 Å². The molecule has 52 heavy (non-hydrogen) atoms. The number of hydrogen-bond donors (Lipinski definition) is 0. The van der Waals surface area contributed by atoms with Crippen LogP contribution in [0.5, 0.6) is 11.5 Å². The fourth-order valence-electron chi connectivity index (χ4n) is 7.62. The van der Waals surface area contributed by atoms with Gasteiger partial charge in [0.2, 0.25) is 0 Å². The third-order valence-corrected chi connectivity index (χ3v) is 10.0. The lowest BCUT2D eigenvalue weighted by molar-refractivity contribution is 0.487. The lowest BCUT2D eigenvalue weighted by Gasteiger charge is -2.16. The van der Waals surface area contributed by atoms with Crippen molar-refractivity contribution in [3.63, 3.8) is 0 Å². The highest BCUT2D eigenvalue weighted by Gasteiger charge is 2.29. The van der Waals surface area contributed by atoms with Crippen molar-refractivity contribution in [3.05, 3.63) is 194 Å². The highest BCUT2D eigenvalue weighted by Crippen LogP contribution is 2.53. The molecule has 3 heteroatoms. The zero-order valence-electron chi connectivity index (χ0n) is 28.3. The normalized spacial score (nSPS) is 11.6. The molecule has 9 aromatic rings. The lowest BCUT2D eigenvalue weighted by atomic mass is 9.96. The van der Waals surface area contributed by atoms with Crippen molar-refractivity contribution in [2.75, 3.05) is 0 Å². The molecule has 0 saturated carbocycles. The van der Waals surface area contributed by atoms with E-state index in [-0.39, 0.29) is 0 Å². The molecule has 0 saturated heterocycles. The van der Waals surface area contributed by atoms with Crippen LogP contribution in [0.4, 0.5) is 0 Å². The third kappa shape index (κ3) is 5.02. The molecule has 0 aliphatic carbocycles. The summed E-state index contributed by atoms with van der Waals surface area (Å²) in [6.45, 7) is 0. The lowest BCUT2D eigenvalue weighted by Crippen LogP contribution is -1.99. The fraction of sp³-hybridized carbons (Fsp3) is 0. The summed E-state index contributed by atoms with van der Waals surface area (Å²) in [5, 5.41) is 1.18. The van der Waals surface area contributed by atoms with E-state index in [4.69, 9.17) is 9.72 Å². The molecule has 0 unspecified atom stereocenters. The molecule has 0 N–H and O–H groups in total. The van der Waals surface area contributed by atoms with Crippen LogP contribution in [0, 0.1) is 0 Å². The van der Waals surface area contributed by atoms with E-state index < -0.39 is 0 Å². The first-order chi connectivity index (χ1) is 25.8. The summed E-state index contributed by atoms with van der Waals surface area (Å²) in [4.78, 5) is 5.11. The molecule has 0 amide bonds. The molecule has 1 aliphatic heterocycles. The van der Waals surface area contributed by atoms with Crippen molar-refractivity contribution >= 4 is 10.9 Å². The van der Waals surface area contributed by atoms with Gasteiger partial charge in [-0.1, -0.05) is 152 Å². The fourth-order valence-corrected chi connectivity index (χ4v) is 7.62. The van der Waals surface area contributed by atoms with Crippen molar-refractivity contribution in [1.82, 2.24) is 9.55 Å². The topological polar surface area (TPSA) is 27.1 Å². The first-order valence-corrected chi connectivity index (χ1v) is 17.6. The number of fused-ring (bicyclic) bond motifs is 7. The Morgan fingerprint density at radius 3 is 1.54 bits per heavy atom. The molecular weight excluding hydrogens is 633 g/mol. The average molecular weight is 665 g/mol. The Labute approximate surface area is 302 Å². The summed E-state index contributed by atoms with van der Waals surface area (Å²) in [6, 6.07) is 68.4. The van der Waals surface area contributed by atoms with E-state index in [2.05, 4.69) is 174 Å². The van der Waals surface area contributed by atoms with Gasteiger partial charge in [-0.25, -0.2) is 4.98 Å². The van der Waals surface area contributed by atoms with Gasteiger partial charge in [0.25, 0.3) is 0 Å². The maximum atomic E-state index is 6.65. The number of benzene rings is 7. The molecule has 7 aromatic carbocycles. The summed E-state index contributed by atoms with van der Waals surface area (Å²) < 4.78 is 9.09. The van der Waals surface area contributed by atoms with Crippen LogP contribution >= 0.6 is 0 Å². The summed E-state index contributed by atoms with van der Waals surface area (Å²) in [5.74, 6) is 1.70. The monoisotopic (exact) mass is 664 g/mol. The number of pyridine rings is 1. The van der Waals surface area contributed by atoms with Crippen LogP contribution in [0.15, 0.2) is 194 Å². The second-order valence-electron chi connectivity index (χ2n) is 13.1. The first kappa shape index (κ1) is 29.9. The maximum Gasteiger partial charge on any atom is 0.136 e. The van der Waals surface area contributed by atoms with E-state index >= 15 is 0 Å². The van der Waals surface area contributed by atoms with Crippen molar-refractivity contribution in [2.45, 2.75) is 0 Å².